The summed E-state index contributed by atoms with van der Waals surface area (Å²) in [5.74, 6) is 2.08. The number of amides is 2. The minimum atomic E-state index is -2.62. The Labute approximate surface area is 368 Å². The van der Waals surface area contributed by atoms with E-state index in [2.05, 4.69) is 22.8 Å². The average Bonchev–Trinajstić information content (AvgIpc) is 3.28. The van der Waals surface area contributed by atoms with Gasteiger partial charge in [0.05, 0.1) is 24.2 Å². The van der Waals surface area contributed by atoms with Gasteiger partial charge in [0.15, 0.2) is 0 Å². The fourth-order valence-electron chi connectivity index (χ4n) is 6.79. The van der Waals surface area contributed by atoms with Gasteiger partial charge in [0.1, 0.15) is 0 Å². The number of fused-ring (bicyclic) bond motifs is 3. The number of hydrogen-bond acceptors (Lipinski definition) is 14. The smallest absolute Gasteiger partial charge is 0.450 e. The third-order valence-electron chi connectivity index (χ3n) is 10.3. The van der Waals surface area contributed by atoms with Crippen molar-refractivity contribution in [1.29, 1.82) is 0 Å². The number of hydrogen-bond donors (Lipinski definition) is 2. The largest absolute Gasteiger partial charge is 0.500 e. The van der Waals surface area contributed by atoms with E-state index in [0.717, 1.165) is 99.6 Å². The van der Waals surface area contributed by atoms with Gasteiger partial charge in [-0.2, -0.15) is 0 Å². The van der Waals surface area contributed by atoms with E-state index in [0.29, 0.717) is 51.2 Å². The summed E-state index contributed by atoms with van der Waals surface area (Å²) < 4.78 is 43.2. The molecule has 0 aliphatic carbocycles. The van der Waals surface area contributed by atoms with Crippen molar-refractivity contribution in [3.63, 3.8) is 0 Å². The normalized spacial score (nSPS) is 12.0. The van der Waals surface area contributed by atoms with E-state index in [4.69, 9.17) is 46.0 Å². The molecule has 3 aromatic rings. The number of thioether (sulfide) groups is 2. The molecule has 60 heavy (non-hydrogen) atoms. The minimum absolute atomic E-state index is 0.385. The van der Waals surface area contributed by atoms with Gasteiger partial charge in [-0.05, 0) is 62.2 Å². The molecule has 2 heterocycles. The van der Waals surface area contributed by atoms with Crippen LogP contribution in [0.4, 0.5) is 9.59 Å². The first-order valence-corrected chi connectivity index (χ1v) is 27.2. The second-order valence-corrected chi connectivity index (χ2v) is 22.7. The molecule has 0 atom stereocenters. The summed E-state index contributed by atoms with van der Waals surface area (Å²) in [6.07, 6.45) is 17.3. The van der Waals surface area contributed by atoms with Crippen molar-refractivity contribution in [3.05, 3.63) is 36.7 Å². The number of ether oxygens (including phenoxy) is 2. The van der Waals surface area contributed by atoms with Crippen LogP contribution >= 0.6 is 23.5 Å². The van der Waals surface area contributed by atoms with Gasteiger partial charge in [0.25, 0.3) is 0 Å². The van der Waals surface area contributed by atoms with E-state index in [1.165, 1.54) is 20.6 Å². The molecule has 14 nitrogen and oxygen atoms in total. The van der Waals surface area contributed by atoms with Gasteiger partial charge in [0, 0.05) is 101 Å². The van der Waals surface area contributed by atoms with Gasteiger partial charge >= 0.3 is 29.8 Å². The van der Waals surface area contributed by atoms with Crippen LogP contribution in [-0.4, -0.2) is 120 Å². The number of unbranched alkanes of at least 4 members (excludes halogenated alkanes) is 10. The summed E-state index contributed by atoms with van der Waals surface area (Å²) in [5, 5.41) is 7.95. The summed E-state index contributed by atoms with van der Waals surface area (Å²) in [6, 6.07) is 9.68. The Balaban J connectivity index is 1.32. The molecule has 0 saturated carbocycles. The number of nitrogens with zero attached hydrogens (tertiary/aromatic N) is 2. The van der Waals surface area contributed by atoms with Crippen molar-refractivity contribution < 1.29 is 45.6 Å². The van der Waals surface area contributed by atoms with Crippen LogP contribution in [0.25, 0.3) is 21.8 Å². The van der Waals surface area contributed by atoms with Crippen LogP contribution in [0.2, 0.25) is 12.1 Å². The van der Waals surface area contributed by atoms with Gasteiger partial charge in [-0.15, -0.1) is 23.5 Å². The maximum absolute atomic E-state index is 12.0. The van der Waals surface area contributed by atoms with Crippen LogP contribution in [0.1, 0.15) is 89.9 Å². The lowest BCUT2D eigenvalue weighted by Crippen LogP contribution is -2.43. The minimum Gasteiger partial charge on any atom is -0.450 e. The lowest BCUT2D eigenvalue weighted by atomic mass is 10.1. The number of alkyl carbamates (subject to hydrolysis) is 2. The van der Waals surface area contributed by atoms with E-state index in [9.17, 15) is 9.59 Å². The van der Waals surface area contributed by atoms with Crippen molar-refractivity contribution in [3.8, 4) is 0 Å². The van der Waals surface area contributed by atoms with Crippen LogP contribution in [0.15, 0.2) is 46.5 Å². The topological polar surface area (TPSA) is 158 Å². The van der Waals surface area contributed by atoms with E-state index < -0.39 is 17.6 Å². The maximum atomic E-state index is 12.0. The van der Waals surface area contributed by atoms with Crippen molar-refractivity contribution in [2.45, 2.75) is 112 Å². The number of rotatable bonds is 34. The summed E-state index contributed by atoms with van der Waals surface area (Å²) in [6.45, 7) is 1.82. The molecule has 338 valence electrons. The second kappa shape index (κ2) is 30.5. The predicted molar refractivity (Wildman–Crippen MR) is 245 cm³/mol. The summed E-state index contributed by atoms with van der Waals surface area (Å²) >= 11 is 3.89. The lowest BCUT2D eigenvalue weighted by molar-refractivity contribution is 0.121. The Morgan fingerprint density at radius 2 is 0.867 bits per heavy atom. The number of carbonyl (C=O) groups is 2. The molecule has 2 aromatic heterocycles. The highest BCUT2D eigenvalue weighted by Crippen LogP contribution is 2.43. The van der Waals surface area contributed by atoms with Gasteiger partial charge in [-0.1, -0.05) is 63.5 Å². The highest BCUT2D eigenvalue weighted by molar-refractivity contribution is 8.02. The molecular formula is C42H70N4O10S2Si2. The molecule has 0 fully saturated rings. The number of carbonyl (C=O) groups excluding carboxylic acids is 2. The van der Waals surface area contributed by atoms with Gasteiger partial charge < -0.3 is 46.7 Å². The molecule has 0 unspecified atom stereocenters. The van der Waals surface area contributed by atoms with Crippen LogP contribution in [0.3, 0.4) is 0 Å². The average molecular weight is 911 g/mol. The summed E-state index contributed by atoms with van der Waals surface area (Å²) in [7, 11) is 4.28. The van der Waals surface area contributed by atoms with Crippen molar-refractivity contribution >= 4 is 75.1 Å². The van der Waals surface area contributed by atoms with Crippen molar-refractivity contribution in [2.75, 3.05) is 80.5 Å². The molecule has 2 N–H and O–H groups in total. The Hall–Kier alpha value is -2.53. The zero-order valence-corrected chi connectivity index (χ0v) is 40.4. The first-order valence-electron chi connectivity index (χ1n) is 21.3. The quantitative estimate of drug-likeness (QED) is 0.0253. The number of pyridine rings is 2. The molecule has 0 aliphatic heterocycles. The lowest BCUT2D eigenvalue weighted by Gasteiger charge is -2.24. The third-order valence-corrected chi connectivity index (χ3v) is 18.5. The summed E-state index contributed by atoms with van der Waals surface area (Å²) in [4.78, 5) is 36.3. The highest BCUT2D eigenvalue weighted by atomic mass is 32.2. The fraction of sp³-hybridized carbons (Fsp3) is 0.667. The van der Waals surface area contributed by atoms with E-state index in [1.807, 2.05) is 48.1 Å². The molecule has 0 saturated heterocycles. The first kappa shape index (κ1) is 51.8. The molecule has 0 spiro atoms. The molecule has 2 amide bonds. The summed E-state index contributed by atoms with van der Waals surface area (Å²) in [5.41, 5.74) is 1.93. The van der Waals surface area contributed by atoms with E-state index in [1.54, 1.807) is 42.7 Å². The highest BCUT2D eigenvalue weighted by Gasteiger charge is 2.37. The SMILES string of the molecule is CO[Si](CCCNC(=O)OCCCCCCCCSc1c(SCCCCCCCCOC(=O)NCCC[Si](OC)(OC)OC)c2cccnc2c2ncccc12)(OC)OC. The van der Waals surface area contributed by atoms with Crippen LogP contribution < -0.4 is 10.6 Å². The molecular weight excluding hydrogens is 841 g/mol. The van der Waals surface area contributed by atoms with Crippen LogP contribution in [-0.2, 0) is 36.0 Å². The second-order valence-electron chi connectivity index (χ2n) is 14.3. The predicted octanol–water partition coefficient (Wildman–Crippen LogP) is 9.64. The Morgan fingerprint density at radius 3 is 1.23 bits per heavy atom. The molecule has 1 aromatic carbocycles. The zero-order valence-electron chi connectivity index (χ0n) is 36.8. The van der Waals surface area contributed by atoms with Gasteiger partial charge in [0.2, 0.25) is 0 Å². The number of aromatic nitrogens is 2. The van der Waals surface area contributed by atoms with Crippen molar-refractivity contribution in [1.82, 2.24) is 20.6 Å². The Morgan fingerprint density at radius 1 is 0.517 bits per heavy atom. The maximum Gasteiger partial charge on any atom is 0.500 e. The third kappa shape index (κ3) is 18.1. The Kier molecular flexibility index (Phi) is 26.4. The number of benzene rings is 1. The van der Waals surface area contributed by atoms with Gasteiger partial charge in [-0.25, -0.2) is 9.59 Å². The Bertz CT molecular complexity index is 1520. The molecule has 3 rings (SSSR count). The zero-order chi connectivity index (χ0) is 43.3. The fourth-order valence-corrected chi connectivity index (χ4v) is 12.8. The molecule has 0 radical (unpaired) electrons. The van der Waals surface area contributed by atoms with Crippen LogP contribution in [0, 0.1) is 0 Å². The monoisotopic (exact) mass is 910 g/mol. The molecule has 0 bridgehead atoms. The first-order chi connectivity index (χ1) is 29.3. The van der Waals surface area contributed by atoms with Crippen LogP contribution in [0.5, 0.6) is 0 Å². The van der Waals surface area contributed by atoms with Crippen molar-refractivity contribution in [2.24, 2.45) is 0 Å². The van der Waals surface area contributed by atoms with E-state index in [-0.39, 0.29) is 12.2 Å². The number of nitrogens with one attached hydrogen (secondary N) is 2. The molecule has 0 aliphatic rings. The standard InChI is InChI=1S/C42H70N4O10S2Si2/c1-49-59(50-2,51-3)33-21-27-45-41(47)55-29-15-11-7-9-13-17-31-57-39-35-23-19-25-43-37(35)38-36(24-20-26-44-38)40(39)58-32-18-14-10-8-12-16-30-56-42(48)46-28-22-34-60(52-4,53-5)54-6/h19-20,23-26H,7-18,21-22,27-34H2,1-6H3,(H,45,47)(H,46,48). The van der Waals surface area contributed by atoms with E-state index >= 15 is 0 Å². The molecule has 18 heteroatoms. The van der Waals surface area contributed by atoms with Gasteiger partial charge in [-0.3, -0.25) is 9.97 Å².